The molecule has 0 spiro atoms. The molecule has 2 rings (SSSR count). The number of hydrogen-bond acceptors (Lipinski definition) is 2. The van der Waals surface area contributed by atoms with Gasteiger partial charge in [0.25, 0.3) is 0 Å². The van der Waals surface area contributed by atoms with E-state index in [-0.39, 0.29) is 0 Å². The highest BCUT2D eigenvalue weighted by Crippen LogP contribution is 2.19. The molecule has 0 aliphatic carbocycles. The van der Waals surface area contributed by atoms with Crippen LogP contribution in [0, 0.1) is 0 Å². The van der Waals surface area contributed by atoms with E-state index >= 15 is 0 Å². The third-order valence-corrected chi connectivity index (χ3v) is 3.81. The maximum absolute atomic E-state index is 6.13. The normalized spacial score (nSPS) is 10.8. The molecular weight excluding hydrogens is 280 g/mol. The highest BCUT2D eigenvalue weighted by Gasteiger charge is 2.06. The Labute approximate surface area is 132 Å². The molecule has 0 saturated heterocycles. The minimum atomic E-state index is 0.793. The minimum absolute atomic E-state index is 0.793. The molecule has 0 aliphatic heterocycles. The van der Waals surface area contributed by atoms with Crippen LogP contribution in [-0.4, -0.2) is 11.5 Å². The molecule has 0 amide bonds. The first kappa shape index (κ1) is 16.0. The lowest BCUT2D eigenvalue weighted by Crippen LogP contribution is -2.15. The lowest BCUT2D eigenvalue weighted by molar-refractivity contribution is 0.672. The van der Waals surface area contributed by atoms with Crippen LogP contribution < -0.4 is 5.32 Å². The molecule has 21 heavy (non-hydrogen) atoms. The summed E-state index contributed by atoms with van der Waals surface area (Å²) in [5, 5.41) is 4.24. The molecule has 0 unspecified atom stereocenters. The Morgan fingerprint density at radius 3 is 2.62 bits per heavy atom. The molecule has 1 N–H and O–H groups in total. The molecule has 0 saturated carbocycles. The van der Waals surface area contributed by atoms with Crippen LogP contribution in [0.1, 0.15) is 42.7 Å². The van der Waals surface area contributed by atoms with Crippen molar-refractivity contribution in [1.82, 2.24) is 10.3 Å². The summed E-state index contributed by atoms with van der Waals surface area (Å²) in [4.78, 5) is 4.55. The summed E-state index contributed by atoms with van der Waals surface area (Å²) in [6.45, 7) is 6.20. The number of nitrogens with zero attached hydrogens (tertiary/aromatic N) is 1. The van der Waals surface area contributed by atoms with Gasteiger partial charge in [0.05, 0.1) is 0 Å². The lowest BCUT2D eigenvalue weighted by atomic mass is 10.0. The second kappa shape index (κ2) is 8.16. The van der Waals surface area contributed by atoms with E-state index in [1.54, 1.807) is 0 Å². The van der Waals surface area contributed by atoms with Gasteiger partial charge in [-0.05, 0) is 54.3 Å². The molecule has 1 aromatic carbocycles. The summed E-state index contributed by atoms with van der Waals surface area (Å²) in [6.07, 6.45) is 4.99. The molecule has 0 radical (unpaired) electrons. The van der Waals surface area contributed by atoms with Gasteiger partial charge in [0.1, 0.15) is 0 Å². The van der Waals surface area contributed by atoms with Crippen molar-refractivity contribution in [2.45, 2.75) is 39.7 Å². The predicted octanol–water partition coefficient (Wildman–Crippen LogP) is 4.39. The van der Waals surface area contributed by atoms with E-state index in [4.69, 9.17) is 11.6 Å². The quantitative estimate of drug-likeness (QED) is 0.767. The molecule has 0 aliphatic rings. The van der Waals surface area contributed by atoms with Gasteiger partial charge >= 0.3 is 0 Å². The van der Waals surface area contributed by atoms with Crippen molar-refractivity contribution in [3.8, 4) is 0 Å². The molecule has 2 aromatic rings. The van der Waals surface area contributed by atoms with E-state index in [1.165, 1.54) is 16.7 Å². The maximum Gasteiger partial charge on any atom is 0.0447 e. The maximum atomic E-state index is 6.13. The zero-order chi connectivity index (χ0) is 15.1. The number of nitrogens with one attached hydrogen (secondary N) is 1. The lowest BCUT2D eigenvalue weighted by Gasteiger charge is -2.11. The fourth-order valence-electron chi connectivity index (χ4n) is 2.30. The summed E-state index contributed by atoms with van der Waals surface area (Å²) in [6, 6.07) is 10.4. The van der Waals surface area contributed by atoms with Crippen LogP contribution >= 0.6 is 11.6 Å². The van der Waals surface area contributed by atoms with Crippen molar-refractivity contribution in [2.24, 2.45) is 0 Å². The van der Waals surface area contributed by atoms with Crippen molar-refractivity contribution in [1.29, 1.82) is 0 Å². The smallest absolute Gasteiger partial charge is 0.0447 e. The number of halogens is 1. The van der Waals surface area contributed by atoms with Gasteiger partial charge in [-0.3, -0.25) is 4.98 Å². The first-order valence-corrected chi connectivity index (χ1v) is 8.02. The highest BCUT2D eigenvalue weighted by atomic mass is 35.5. The molecule has 0 bridgehead atoms. The third kappa shape index (κ3) is 4.83. The van der Waals surface area contributed by atoms with Gasteiger partial charge in [-0.25, -0.2) is 0 Å². The van der Waals surface area contributed by atoms with Gasteiger partial charge in [-0.15, -0.1) is 0 Å². The Balaban J connectivity index is 2.13. The van der Waals surface area contributed by atoms with Gasteiger partial charge in [-0.1, -0.05) is 37.6 Å². The minimum Gasteiger partial charge on any atom is -0.313 e. The number of benzene rings is 1. The predicted molar refractivity (Wildman–Crippen MR) is 89.9 cm³/mol. The Hall–Kier alpha value is -1.38. The highest BCUT2D eigenvalue weighted by molar-refractivity contribution is 6.30. The van der Waals surface area contributed by atoms with E-state index in [0.29, 0.717) is 0 Å². The summed E-state index contributed by atoms with van der Waals surface area (Å²) in [5.41, 5.74) is 4.93. The average Bonchev–Trinajstić information content (AvgIpc) is 2.51. The van der Waals surface area contributed by atoms with Crippen LogP contribution in [0.25, 0.3) is 0 Å². The average molecular weight is 303 g/mol. The monoisotopic (exact) mass is 302 g/mol. The van der Waals surface area contributed by atoms with Crippen LogP contribution in [0.2, 0.25) is 5.02 Å². The molecular formula is C18H23ClN2. The number of aromatic nitrogens is 1. The third-order valence-electron chi connectivity index (χ3n) is 3.58. The van der Waals surface area contributed by atoms with Crippen LogP contribution in [-0.2, 0) is 19.4 Å². The van der Waals surface area contributed by atoms with Crippen LogP contribution in [0.15, 0.2) is 36.5 Å². The number of pyridine rings is 1. The number of rotatable bonds is 7. The largest absolute Gasteiger partial charge is 0.313 e. The van der Waals surface area contributed by atoms with E-state index in [2.05, 4.69) is 48.4 Å². The van der Waals surface area contributed by atoms with Gasteiger partial charge in [-0.2, -0.15) is 0 Å². The topological polar surface area (TPSA) is 24.9 Å². The van der Waals surface area contributed by atoms with Crippen LogP contribution in [0.5, 0.6) is 0 Å². The van der Waals surface area contributed by atoms with E-state index < -0.39 is 0 Å². The van der Waals surface area contributed by atoms with Gasteiger partial charge in [0.2, 0.25) is 0 Å². The van der Waals surface area contributed by atoms with E-state index in [1.807, 2.05) is 12.3 Å². The molecule has 2 nitrogen and oxygen atoms in total. The Bertz CT molecular complexity index is 564. The Kier molecular flexibility index (Phi) is 6.21. The van der Waals surface area contributed by atoms with Gasteiger partial charge < -0.3 is 5.32 Å². The van der Waals surface area contributed by atoms with Gasteiger partial charge in [0, 0.05) is 29.9 Å². The van der Waals surface area contributed by atoms with Crippen LogP contribution in [0.4, 0.5) is 0 Å². The Morgan fingerprint density at radius 1 is 1.10 bits per heavy atom. The molecule has 0 atom stereocenters. The first-order chi connectivity index (χ1) is 10.2. The van der Waals surface area contributed by atoms with Crippen molar-refractivity contribution in [3.05, 3.63) is 63.9 Å². The van der Waals surface area contributed by atoms with Crippen molar-refractivity contribution >= 4 is 11.6 Å². The van der Waals surface area contributed by atoms with Crippen LogP contribution in [0.3, 0.4) is 0 Å². The summed E-state index contributed by atoms with van der Waals surface area (Å²) in [5.74, 6) is 0. The van der Waals surface area contributed by atoms with Gasteiger partial charge in [0.15, 0.2) is 0 Å². The fourth-order valence-corrected chi connectivity index (χ4v) is 2.49. The second-order valence-electron chi connectivity index (χ2n) is 5.28. The zero-order valence-corrected chi connectivity index (χ0v) is 13.6. The van der Waals surface area contributed by atoms with E-state index in [9.17, 15) is 0 Å². The zero-order valence-electron chi connectivity index (χ0n) is 12.8. The van der Waals surface area contributed by atoms with Crippen molar-refractivity contribution in [2.75, 3.05) is 6.54 Å². The number of aryl methyl sites for hydroxylation is 1. The molecule has 3 heteroatoms. The second-order valence-corrected chi connectivity index (χ2v) is 5.71. The van der Waals surface area contributed by atoms with Crippen molar-refractivity contribution in [3.63, 3.8) is 0 Å². The molecule has 112 valence electrons. The summed E-state index contributed by atoms with van der Waals surface area (Å²) >= 11 is 6.13. The SMILES string of the molecule is CCCNCc1cc(Cl)ccc1Cc1ccc(CC)cn1. The fraction of sp³-hybridized carbons (Fsp3) is 0.389. The first-order valence-electron chi connectivity index (χ1n) is 7.64. The molecule has 1 heterocycles. The standard InChI is InChI=1S/C18H23ClN2/c1-3-9-20-13-16-10-17(19)7-6-15(16)11-18-8-5-14(4-2)12-21-18/h5-8,10,12,20H,3-4,9,11,13H2,1-2H3. The summed E-state index contributed by atoms with van der Waals surface area (Å²) in [7, 11) is 0. The molecule has 1 aromatic heterocycles. The summed E-state index contributed by atoms with van der Waals surface area (Å²) < 4.78 is 0. The van der Waals surface area contributed by atoms with E-state index in [0.717, 1.165) is 43.1 Å². The van der Waals surface area contributed by atoms with Crippen molar-refractivity contribution < 1.29 is 0 Å². The Morgan fingerprint density at radius 2 is 1.95 bits per heavy atom. The molecule has 0 fully saturated rings. The number of hydrogen-bond donors (Lipinski definition) is 1.